The monoisotopic (exact) mass is 296 g/mol. The van der Waals surface area contributed by atoms with Crippen LogP contribution in [0.1, 0.15) is 97.8 Å². The van der Waals surface area contributed by atoms with Crippen LogP contribution in [0.5, 0.6) is 0 Å². The van der Waals surface area contributed by atoms with Crippen LogP contribution < -0.4 is 0 Å². The number of hydrogen-bond acceptors (Lipinski definition) is 2. The molecule has 0 aromatic rings. The number of carbonyl (C=O) groups excluding carboxylic acids is 1. The van der Waals surface area contributed by atoms with Gasteiger partial charge in [0.2, 0.25) is 0 Å². The van der Waals surface area contributed by atoms with E-state index in [4.69, 9.17) is 4.74 Å². The molecule has 1 aliphatic heterocycles. The van der Waals surface area contributed by atoms with Crippen molar-refractivity contribution in [3.63, 3.8) is 0 Å². The van der Waals surface area contributed by atoms with Crippen LogP contribution in [0.15, 0.2) is 0 Å². The summed E-state index contributed by atoms with van der Waals surface area (Å²) in [7, 11) is 0. The number of carbonyl (C=O) groups is 1. The first-order chi connectivity index (χ1) is 10.1. The summed E-state index contributed by atoms with van der Waals surface area (Å²) >= 11 is 0. The van der Waals surface area contributed by atoms with Crippen LogP contribution in [0.25, 0.3) is 0 Å². The largest absolute Gasteiger partial charge is 0.465 e. The molecule has 2 heteroatoms. The maximum atomic E-state index is 12.5. The fourth-order valence-electron chi connectivity index (χ4n) is 3.65. The molecule has 0 aromatic carbocycles. The third-order valence-corrected chi connectivity index (χ3v) is 5.25. The molecular formula is C19H36O2. The molecule has 0 aliphatic carbocycles. The Morgan fingerprint density at radius 3 is 2.38 bits per heavy atom. The smallest absolute Gasteiger partial charge is 0.312 e. The van der Waals surface area contributed by atoms with Gasteiger partial charge in [-0.3, -0.25) is 4.79 Å². The molecule has 0 spiro atoms. The van der Waals surface area contributed by atoms with Crippen LogP contribution >= 0.6 is 0 Å². The Kier molecular flexibility index (Phi) is 9.03. The molecule has 0 aromatic heterocycles. The average molecular weight is 296 g/mol. The number of unbranched alkanes of at least 4 members (excludes halogenated alkanes) is 6. The minimum absolute atomic E-state index is 0.0805. The molecule has 0 radical (unpaired) electrons. The molecule has 1 aliphatic rings. The summed E-state index contributed by atoms with van der Waals surface area (Å²) in [5.41, 5.74) is -0.226. The fourth-order valence-corrected chi connectivity index (χ4v) is 3.65. The highest BCUT2D eigenvalue weighted by Crippen LogP contribution is 2.42. The van der Waals surface area contributed by atoms with Crippen molar-refractivity contribution in [2.75, 3.05) is 6.61 Å². The summed E-state index contributed by atoms with van der Waals surface area (Å²) in [6.07, 6.45) is 14.6. The zero-order valence-corrected chi connectivity index (χ0v) is 14.6. The average Bonchev–Trinajstić information content (AvgIpc) is 2.61. The van der Waals surface area contributed by atoms with E-state index in [1.165, 1.54) is 64.2 Å². The molecule has 0 amide bonds. The van der Waals surface area contributed by atoms with Crippen LogP contribution in [0.4, 0.5) is 0 Å². The zero-order valence-electron chi connectivity index (χ0n) is 14.6. The predicted molar refractivity (Wildman–Crippen MR) is 89.3 cm³/mol. The highest BCUT2D eigenvalue weighted by Gasteiger charge is 2.42. The summed E-state index contributed by atoms with van der Waals surface area (Å²) in [4.78, 5) is 12.5. The van der Waals surface area contributed by atoms with Crippen LogP contribution in [0, 0.1) is 11.3 Å². The highest BCUT2D eigenvalue weighted by molar-refractivity contribution is 5.77. The lowest BCUT2D eigenvalue weighted by atomic mass is 9.70. The maximum absolute atomic E-state index is 12.5. The lowest BCUT2D eigenvalue weighted by Gasteiger charge is -2.34. The SMILES string of the molecule is CCCCCCC1CCCOC(=O)C1(C)CCCCCC. The quantitative estimate of drug-likeness (QED) is 0.371. The molecule has 2 unspecified atom stereocenters. The van der Waals surface area contributed by atoms with Gasteiger partial charge in [-0.05, 0) is 38.5 Å². The first kappa shape index (κ1) is 18.5. The molecule has 1 heterocycles. The van der Waals surface area contributed by atoms with Crippen LogP contribution in [0.2, 0.25) is 0 Å². The molecule has 1 rings (SSSR count). The Morgan fingerprint density at radius 2 is 1.71 bits per heavy atom. The Balaban J connectivity index is 2.57. The van der Waals surface area contributed by atoms with Gasteiger partial charge >= 0.3 is 5.97 Å². The minimum atomic E-state index is -0.226. The van der Waals surface area contributed by atoms with E-state index in [1.807, 2.05) is 0 Å². The van der Waals surface area contributed by atoms with Gasteiger partial charge in [0.25, 0.3) is 0 Å². The second kappa shape index (κ2) is 10.2. The minimum Gasteiger partial charge on any atom is -0.465 e. The van der Waals surface area contributed by atoms with Crippen LogP contribution in [-0.2, 0) is 9.53 Å². The van der Waals surface area contributed by atoms with Gasteiger partial charge in [0.1, 0.15) is 0 Å². The Labute approximate surface area is 132 Å². The van der Waals surface area contributed by atoms with Crippen molar-refractivity contribution in [3.05, 3.63) is 0 Å². The van der Waals surface area contributed by atoms with Crippen molar-refractivity contribution in [1.82, 2.24) is 0 Å². The summed E-state index contributed by atoms with van der Waals surface area (Å²) < 4.78 is 5.49. The molecule has 2 atom stereocenters. The van der Waals surface area contributed by atoms with E-state index < -0.39 is 0 Å². The van der Waals surface area contributed by atoms with Crippen LogP contribution in [0.3, 0.4) is 0 Å². The number of cyclic esters (lactones) is 1. The van der Waals surface area contributed by atoms with Crippen molar-refractivity contribution >= 4 is 5.97 Å². The molecule has 124 valence electrons. The first-order valence-electron chi connectivity index (χ1n) is 9.32. The summed E-state index contributed by atoms with van der Waals surface area (Å²) in [5.74, 6) is 0.614. The zero-order chi connectivity index (χ0) is 15.6. The summed E-state index contributed by atoms with van der Waals surface area (Å²) in [6, 6.07) is 0. The second-order valence-electron chi connectivity index (χ2n) is 7.05. The van der Waals surface area contributed by atoms with E-state index >= 15 is 0 Å². The molecule has 0 N–H and O–H groups in total. The van der Waals surface area contributed by atoms with Crippen molar-refractivity contribution in [2.45, 2.75) is 97.8 Å². The van der Waals surface area contributed by atoms with Crippen molar-refractivity contribution < 1.29 is 9.53 Å². The van der Waals surface area contributed by atoms with Gasteiger partial charge in [-0.2, -0.15) is 0 Å². The molecule has 21 heavy (non-hydrogen) atoms. The number of ether oxygens (including phenoxy) is 1. The highest BCUT2D eigenvalue weighted by atomic mass is 16.5. The van der Waals surface area contributed by atoms with Gasteiger partial charge in [0.15, 0.2) is 0 Å². The van der Waals surface area contributed by atoms with Crippen molar-refractivity contribution in [3.8, 4) is 0 Å². The van der Waals surface area contributed by atoms with Gasteiger partial charge in [-0.15, -0.1) is 0 Å². The van der Waals surface area contributed by atoms with Gasteiger partial charge in [0.05, 0.1) is 12.0 Å². The molecule has 1 saturated heterocycles. The lowest BCUT2D eigenvalue weighted by molar-refractivity contribution is -0.156. The number of hydrogen-bond donors (Lipinski definition) is 0. The third-order valence-electron chi connectivity index (χ3n) is 5.25. The summed E-state index contributed by atoms with van der Waals surface area (Å²) in [6.45, 7) is 7.30. The van der Waals surface area contributed by atoms with Crippen LogP contribution in [-0.4, -0.2) is 12.6 Å². The van der Waals surface area contributed by atoms with E-state index in [0.717, 1.165) is 12.8 Å². The van der Waals surface area contributed by atoms with Gasteiger partial charge in [-0.1, -0.05) is 65.2 Å². The Bertz CT molecular complexity index is 287. The predicted octanol–water partition coefficient (Wildman–Crippen LogP) is 5.89. The molecule has 0 bridgehead atoms. The van der Waals surface area contributed by atoms with Gasteiger partial charge in [0, 0.05) is 0 Å². The standard InChI is InChI=1S/C19H36O2/c1-4-6-8-10-13-17-14-12-16-21-18(20)19(17,3)15-11-9-7-5-2/h17H,4-16H2,1-3H3. The van der Waals surface area contributed by atoms with E-state index in [2.05, 4.69) is 20.8 Å². The molecule has 1 fully saturated rings. The number of esters is 1. The van der Waals surface area contributed by atoms with Crippen molar-refractivity contribution in [2.24, 2.45) is 11.3 Å². The van der Waals surface area contributed by atoms with E-state index in [0.29, 0.717) is 12.5 Å². The first-order valence-corrected chi connectivity index (χ1v) is 9.32. The Hall–Kier alpha value is -0.530. The third kappa shape index (κ3) is 6.00. The summed E-state index contributed by atoms with van der Waals surface area (Å²) in [5, 5.41) is 0. The van der Waals surface area contributed by atoms with E-state index in [-0.39, 0.29) is 11.4 Å². The van der Waals surface area contributed by atoms with Crippen molar-refractivity contribution in [1.29, 1.82) is 0 Å². The maximum Gasteiger partial charge on any atom is 0.312 e. The lowest BCUT2D eigenvalue weighted by Crippen LogP contribution is -2.36. The van der Waals surface area contributed by atoms with E-state index in [1.54, 1.807) is 0 Å². The topological polar surface area (TPSA) is 26.3 Å². The molecule has 2 nitrogen and oxygen atoms in total. The van der Waals surface area contributed by atoms with E-state index in [9.17, 15) is 4.79 Å². The normalized spacial score (nSPS) is 26.4. The molecular weight excluding hydrogens is 260 g/mol. The van der Waals surface area contributed by atoms with Gasteiger partial charge in [-0.25, -0.2) is 0 Å². The van der Waals surface area contributed by atoms with Gasteiger partial charge < -0.3 is 4.74 Å². The Morgan fingerprint density at radius 1 is 1.05 bits per heavy atom. The molecule has 0 saturated carbocycles. The number of rotatable bonds is 10. The fraction of sp³-hybridized carbons (Fsp3) is 0.947. The second-order valence-corrected chi connectivity index (χ2v) is 7.05.